The fraction of sp³-hybridized carbons (Fsp3) is 0.400. The molecule has 1 heterocycles. The molecule has 6 nitrogen and oxygen atoms in total. The summed E-state index contributed by atoms with van der Waals surface area (Å²) in [6.07, 6.45) is 4.16. The fourth-order valence-corrected chi connectivity index (χ4v) is 4.64. The van der Waals surface area contributed by atoms with Crippen LogP contribution in [0.4, 0.5) is 5.00 Å². The highest BCUT2D eigenvalue weighted by Gasteiger charge is 2.22. The van der Waals surface area contributed by atoms with Gasteiger partial charge in [0.25, 0.3) is 0 Å². The molecule has 0 saturated heterocycles. The minimum Gasteiger partial charge on any atom is -0.504 e. The number of methoxy groups -OCH3 is 1. The smallest absolute Gasteiger partial charge is 0.239 e. The minimum atomic E-state index is -0.148. The van der Waals surface area contributed by atoms with Crippen molar-refractivity contribution in [1.29, 1.82) is 5.26 Å². The lowest BCUT2D eigenvalue weighted by Crippen LogP contribution is -2.29. The fourth-order valence-electron chi connectivity index (χ4n) is 3.39. The van der Waals surface area contributed by atoms with E-state index in [1.807, 2.05) is 18.0 Å². The SMILES string of the molecule is COc1ccc(CN(C)CC(=O)Nc2sc3c(c2C#N)CCCC3)cc1O. The van der Waals surface area contributed by atoms with Gasteiger partial charge in [0, 0.05) is 11.4 Å². The number of amides is 1. The maximum atomic E-state index is 12.4. The number of carbonyl (C=O) groups excluding carboxylic acids is 1. The topological polar surface area (TPSA) is 85.6 Å². The molecule has 1 aliphatic rings. The number of hydrogen-bond donors (Lipinski definition) is 2. The number of ether oxygens (including phenoxy) is 1. The second-order valence-electron chi connectivity index (χ2n) is 6.75. The third kappa shape index (κ3) is 4.41. The standard InChI is InChI=1S/C20H23N3O3S/c1-23(11-13-7-8-17(26-2)16(24)9-13)12-19(25)22-20-15(10-21)14-5-3-4-6-18(14)27-20/h7-9,24H,3-6,11-12H2,1-2H3,(H,22,25). The van der Waals surface area contributed by atoms with E-state index in [4.69, 9.17) is 4.74 Å². The zero-order valence-corrected chi connectivity index (χ0v) is 16.4. The molecular weight excluding hydrogens is 362 g/mol. The number of phenols is 1. The number of thiophene rings is 1. The van der Waals surface area contributed by atoms with Gasteiger partial charge < -0.3 is 15.2 Å². The predicted molar refractivity (Wildman–Crippen MR) is 105 cm³/mol. The molecule has 1 aliphatic carbocycles. The van der Waals surface area contributed by atoms with Crippen LogP contribution in [-0.4, -0.2) is 36.6 Å². The lowest BCUT2D eigenvalue weighted by Gasteiger charge is -2.16. The van der Waals surface area contributed by atoms with Gasteiger partial charge in [-0.05, 0) is 56.0 Å². The normalized spacial score (nSPS) is 13.1. The van der Waals surface area contributed by atoms with Crippen LogP contribution in [0.15, 0.2) is 18.2 Å². The van der Waals surface area contributed by atoms with Gasteiger partial charge >= 0.3 is 0 Å². The highest BCUT2D eigenvalue weighted by atomic mass is 32.1. The third-order valence-electron chi connectivity index (χ3n) is 4.65. The molecule has 0 atom stereocenters. The van der Waals surface area contributed by atoms with E-state index in [-0.39, 0.29) is 18.2 Å². The molecular formula is C20H23N3O3S. The maximum Gasteiger partial charge on any atom is 0.239 e. The summed E-state index contributed by atoms with van der Waals surface area (Å²) in [5, 5.41) is 22.9. The highest BCUT2D eigenvalue weighted by Crippen LogP contribution is 2.37. The molecule has 0 unspecified atom stereocenters. The van der Waals surface area contributed by atoms with Gasteiger partial charge in [0.1, 0.15) is 11.1 Å². The molecule has 0 saturated carbocycles. The Bertz CT molecular complexity index is 885. The van der Waals surface area contributed by atoms with Gasteiger partial charge in [-0.2, -0.15) is 5.26 Å². The third-order valence-corrected chi connectivity index (χ3v) is 5.85. The first-order valence-electron chi connectivity index (χ1n) is 8.90. The van der Waals surface area contributed by atoms with E-state index in [0.717, 1.165) is 36.8 Å². The summed E-state index contributed by atoms with van der Waals surface area (Å²) in [6, 6.07) is 7.45. The Balaban J connectivity index is 1.62. The molecule has 1 aromatic carbocycles. The number of hydrogen-bond acceptors (Lipinski definition) is 6. The number of fused-ring (bicyclic) bond motifs is 1. The molecule has 0 aliphatic heterocycles. The first-order chi connectivity index (χ1) is 13.0. The summed E-state index contributed by atoms with van der Waals surface area (Å²) in [6.45, 7) is 0.706. The number of nitriles is 1. The molecule has 1 aromatic heterocycles. The van der Waals surface area contributed by atoms with Crippen molar-refractivity contribution in [3.05, 3.63) is 39.8 Å². The van der Waals surface area contributed by atoms with Crippen molar-refractivity contribution in [2.24, 2.45) is 0 Å². The lowest BCUT2D eigenvalue weighted by molar-refractivity contribution is -0.117. The quantitative estimate of drug-likeness (QED) is 0.797. The monoisotopic (exact) mass is 385 g/mol. The average Bonchev–Trinajstić information content (AvgIpc) is 2.98. The Hall–Kier alpha value is -2.56. The molecule has 3 rings (SSSR count). The van der Waals surface area contributed by atoms with Gasteiger partial charge in [-0.3, -0.25) is 9.69 Å². The summed E-state index contributed by atoms with van der Waals surface area (Å²) in [5.74, 6) is 0.353. The van der Waals surface area contributed by atoms with Crippen LogP contribution in [0.2, 0.25) is 0 Å². The van der Waals surface area contributed by atoms with Gasteiger partial charge in [-0.1, -0.05) is 6.07 Å². The molecule has 2 aromatic rings. The Morgan fingerprint density at radius 2 is 2.19 bits per heavy atom. The van der Waals surface area contributed by atoms with Crippen LogP contribution in [-0.2, 0) is 24.2 Å². The van der Waals surface area contributed by atoms with Crippen LogP contribution < -0.4 is 10.1 Å². The maximum absolute atomic E-state index is 12.4. The summed E-state index contributed by atoms with van der Waals surface area (Å²) in [7, 11) is 3.34. The van der Waals surface area contributed by atoms with E-state index in [9.17, 15) is 15.2 Å². The summed E-state index contributed by atoms with van der Waals surface area (Å²) in [5.41, 5.74) is 2.63. The number of anilines is 1. The van der Waals surface area contributed by atoms with Crippen molar-refractivity contribution in [2.75, 3.05) is 26.0 Å². The zero-order valence-electron chi connectivity index (χ0n) is 15.5. The minimum absolute atomic E-state index is 0.0793. The Kier molecular flexibility index (Phi) is 5.99. The number of nitrogens with zero attached hydrogens (tertiary/aromatic N) is 2. The van der Waals surface area contributed by atoms with E-state index in [2.05, 4.69) is 11.4 Å². The number of aromatic hydroxyl groups is 1. The predicted octanol–water partition coefficient (Wildman–Crippen LogP) is 3.28. The summed E-state index contributed by atoms with van der Waals surface area (Å²) < 4.78 is 5.04. The number of phenolic OH excluding ortho intramolecular Hbond substituents is 1. The summed E-state index contributed by atoms with van der Waals surface area (Å²) in [4.78, 5) is 15.5. The van der Waals surface area contributed by atoms with Crippen molar-refractivity contribution in [2.45, 2.75) is 32.2 Å². The van der Waals surface area contributed by atoms with Gasteiger partial charge in [-0.25, -0.2) is 0 Å². The zero-order chi connectivity index (χ0) is 19.4. The molecule has 142 valence electrons. The molecule has 2 N–H and O–H groups in total. The average molecular weight is 385 g/mol. The molecule has 27 heavy (non-hydrogen) atoms. The van der Waals surface area contributed by atoms with E-state index in [1.165, 1.54) is 23.3 Å². The first-order valence-corrected chi connectivity index (χ1v) is 9.72. The first kappa shape index (κ1) is 19.2. The Labute approximate surface area is 163 Å². The van der Waals surface area contributed by atoms with Gasteiger partial charge in [0.15, 0.2) is 11.5 Å². The van der Waals surface area contributed by atoms with E-state index < -0.39 is 0 Å². The number of benzene rings is 1. The van der Waals surface area contributed by atoms with Crippen LogP contribution in [0.25, 0.3) is 0 Å². The molecule has 7 heteroatoms. The number of carbonyl (C=O) groups is 1. The van der Waals surface area contributed by atoms with Crippen LogP contribution >= 0.6 is 11.3 Å². The molecule has 0 radical (unpaired) electrons. The Morgan fingerprint density at radius 1 is 1.41 bits per heavy atom. The van der Waals surface area contributed by atoms with Crippen molar-refractivity contribution in [3.8, 4) is 17.6 Å². The van der Waals surface area contributed by atoms with Crippen LogP contribution in [0, 0.1) is 11.3 Å². The molecule has 1 amide bonds. The second kappa shape index (κ2) is 8.42. The second-order valence-corrected chi connectivity index (χ2v) is 7.86. The Morgan fingerprint density at radius 3 is 2.89 bits per heavy atom. The van der Waals surface area contributed by atoms with E-state index >= 15 is 0 Å². The van der Waals surface area contributed by atoms with Crippen molar-refractivity contribution < 1.29 is 14.6 Å². The van der Waals surface area contributed by atoms with Gasteiger partial charge in [0.2, 0.25) is 5.91 Å². The van der Waals surface area contributed by atoms with Gasteiger partial charge in [0.05, 0.1) is 19.2 Å². The van der Waals surface area contributed by atoms with E-state index in [0.29, 0.717) is 22.9 Å². The lowest BCUT2D eigenvalue weighted by atomic mass is 9.96. The van der Waals surface area contributed by atoms with Gasteiger partial charge in [-0.15, -0.1) is 11.3 Å². The van der Waals surface area contributed by atoms with Crippen LogP contribution in [0.3, 0.4) is 0 Å². The molecule has 0 bridgehead atoms. The molecule has 0 spiro atoms. The van der Waals surface area contributed by atoms with Crippen molar-refractivity contribution in [1.82, 2.24) is 4.90 Å². The van der Waals surface area contributed by atoms with Crippen molar-refractivity contribution in [3.63, 3.8) is 0 Å². The van der Waals surface area contributed by atoms with Crippen LogP contribution in [0.5, 0.6) is 11.5 Å². The number of nitrogens with one attached hydrogen (secondary N) is 1. The summed E-state index contributed by atoms with van der Waals surface area (Å²) >= 11 is 1.53. The highest BCUT2D eigenvalue weighted by molar-refractivity contribution is 7.16. The number of likely N-dealkylation sites (N-methyl/N-ethyl adjacent to an activating group) is 1. The van der Waals surface area contributed by atoms with E-state index in [1.54, 1.807) is 12.1 Å². The molecule has 0 fully saturated rings. The number of rotatable bonds is 6. The van der Waals surface area contributed by atoms with Crippen LogP contribution in [0.1, 0.15) is 34.4 Å². The number of aryl methyl sites for hydroxylation is 1. The largest absolute Gasteiger partial charge is 0.504 e. The van der Waals surface area contributed by atoms with Crippen molar-refractivity contribution >= 4 is 22.2 Å².